The average molecular weight is 681 g/mol. The van der Waals surface area contributed by atoms with E-state index in [1.807, 2.05) is 6.92 Å². The lowest BCUT2D eigenvalue weighted by molar-refractivity contribution is 0.0319. The van der Waals surface area contributed by atoms with Crippen molar-refractivity contribution in [2.24, 2.45) is 0 Å². The van der Waals surface area contributed by atoms with Gasteiger partial charge in [0.15, 0.2) is 11.6 Å². The van der Waals surface area contributed by atoms with Crippen molar-refractivity contribution in [3.63, 3.8) is 0 Å². The number of esters is 3. The van der Waals surface area contributed by atoms with Gasteiger partial charge in [-0.3, -0.25) is 0 Å². The Balaban J connectivity index is 1.44. The van der Waals surface area contributed by atoms with Gasteiger partial charge in [0, 0.05) is 0 Å². The molecule has 0 fully saturated rings. The number of unbranched alkanes of at least 4 members (excludes halogenated alkanes) is 11. The summed E-state index contributed by atoms with van der Waals surface area (Å²) in [5.41, 5.74) is -0.0741. The topological polar surface area (TPSA) is 88.1 Å². The highest BCUT2D eigenvalue weighted by atomic mass is 19.2. The lowest BCUT2D eigenvalue weighted by Crippen LogP contribution is -2.15. The van der Waals surface area contributed by atoms with Crippen LogP contribution in [-0.4, -0.2) is 30.6 Å². The Morgan fingerprint density at radius 3 is 1.63 bits per heavy atom. The largest absolute Gasteiger partial charge is 0.490 e. The molecule has 0 aromatic heterocycles. The molecule has 49 heavy (non-hydrogen) atoms. The van der Waals surface area contributed by atoms with Gasteiger partial charge in [-0.1, -0.05) is 84.5 Å². The van der Waals surface area contributed by atoms with Crippen LogP contribution < -0.4 is 14.2 Å². The number of benzene rings is 3. The predicted octanol–water partition coefficient (Wildman–Crippen LogP) is 10.8. The molecule has 3 aromatic rings. The van der Waals surface area contributed by atoms with Crippen LogP contribution in [0.1, 0.15) is 142 Å². The molecular weight excluding hydrogens is 630 g/mol. The number of carbonyl (C=O) groups is 3. The Labute approximate surface area is 289 Å². The number of carbonyl (C=O) groups excluding carboxylic acids is 3. The molecule has 0 aliphatic rings. The van der Waals surface area contributed by atoms with Gasteiger partial charge in [-0.15, -0.1) is 0 Å². The summed E-state index contributed by atoms with van der Waals surface area (Å²) >= 11 is 0. The molecule has 0 bridgehead atoms. The maximum Gasteiger partial charge on any atom is 0.346 e. The summed E-state index contributed by atoms with van der Waals surface area (Å²) in [6.45, 7) is 6.46. The second-order valence-corrected chi connectivity index (χ2v) is 12.3. The van der Waals surface area contributed by atoms with E-state index < -0.39 is 35.1 Å². The number of halogens is 2. The van der Waals surface area contributed by atoms with Crippen LogP contribution >= 0.6 is 0 Å². The van der Waals surface area contributed by atoms with E-state index in [-0.39, 0.29) is 35.5 Å². The second-order valence-electron chi connectivity index (χ2n) is 12.3. The summed E-state index contributed by atoms with van der Waals surface area (Å²) in [5, 5.41) is 0. The van der Waals surface area contributed by atoms with Gasteiger partial charge >= 0.3 is 17.9 Å². The van der Waals surface area contributed by atoms with Crippen LogP contribution in [0.5, 0.6) is 17.2 Å². The minimum Gasteiger partial charge on any atom is -0.490 e. The van der Waals surface area contributed by atoms with E-state index in [1.54, 1.807) is 0 Å². The third kappa shape index (κ3) is 13.6. The molecule has 3 aromatic carbocycles. The molecule has 1 atom stereocenters. The fourth-order valence-corrected chi connectivity index (χ4v) is 5.21. The number of hydrogen-bond acceptors (Lipinski definition) is 7. The zero-order valence-corrected chi connectivity index (χ0v) is 29.1. The quantitative estimate of drug-likeness (QED) is 0.0593. The molecule has 7 nitrogen and oxygen atoms in total. The van der Waals surface area contributed by atoms with Crippen molar-refractivity contribution < 1.29 is 42.1 Å². The SMILES string of the molecule is CCCCCCCCCCCOc1ccc(C(=O)Oc2ccc(C(=O)Oc3ccc(C(=O)OC(C)CCCCCC)cc3)cc2)c(F)c1F. The summed E-state index contributed by atoms with van der Waals surface area (Å²) in [6.07, 6.45) is 15.2. The molecule has 1 unspecified atom stereocenters. The summed E-state index contributed by atoms with van der Waals surface area (Å²) in [4.78, 5) is 37.7. The van der Waals surface area contributed by atoms with Crippen molar-refractivity contribution in [3.8, 4) is 17.2 Å². The Kier molecular flexibility index (Phi) is 17.3. The van der Waals surface area contributed by atoms with Crippen molar-refractivity contribution in [2.45, 2.75) is 117 Å². The van der Waals surface area contributed by atoms with Gasteiger partial charge in [-0.2, -0.15) is 4.39 Å². The van der Waals surface area contributed by atoms with Gasteiger partial charge in [-0.25, -0.2) is 18.8 Å². The number of ether oxygens (including phenoxy) is 4. The lowest BCUT2D eigenvalue weighted by atomic mass is 10.1. The first-order chi connectivity index (χ1) is 23.7. The molecule has 266 valence electrons. The van der Waals surface area contributed by atoms with Crippen LogP contribution in [0.3, 0.4) is 0 Å². The first kappa shape index (κ1) is 39.2. The first-order valence-electron chi connectivity index (χ1n) is 17.7. The van der Waals surface area contributed by atoms with E-state index in [9.17, 15) is 23.2 Å². The van der Waals surface area contributed by atoms with E-state index in [2.05, 4.69) is 13.8 Å². The maximum absolute atomic E-state index is 14.7. The highest BCUT2D eigenvalue weighted by Crippen LogP contribution is 2.25. The molecule has 0 amide bonds. The van der Waals surface area contributed by atoms with E-state index in [1.165, 1.54) is 86.7 Å². The Bertz CT molecular complexity index is 1450. The Hall–Kier alpha value is -4.27. The molecule has 0 saturated carbocycles. The molecule has 0 spiro atoms. The highest BCUT2D eigenvalue weighted by Gasteiger charge is 2.22. The van der Waals surface area contributed by atoms with Crippen LogP contribution in [-0.2, 0) is 4.74 Å². The van der Waals surface area contributed by atoms with Crippen LogP contribution in [0, 0.1) is 11.6 Å². The molecule has 0 aliphatic carbocycles. The Morgan fingerprint density at radius 2 is 1.06 bits per heavy atom. The molecule has 9 heteroatoms. The molecule has 3 rings (SSSR count). The van der Waals surface area contributed by atoms with Crippen LogP contribution in [0.2, 0.25) is 0 Å². The van der Waals surface area contributed by atoms with Gasteiger partial charge in [0.25, 0.3) is 0 Å². The first-order valence-corrected chi connectivity index (χ1v) is 17.7. The molecule has 0 N–H and O–H groups in total. The Morgan fingerprint density at radius 1 is 0.571 bits per heavy atom. The molecule has 0 saturated heterocycles. The third-order valence-electron chi connectivity index (χ3n) is 8.15. The zero-order chi connectivity index (χ0) is 35.4. The average Bonchev–Trinajstić information content (AvgIpc) is 3.09. The van der Waals surface area contributed by atoms with Crippen molar-refractivity contribution in [3.05, 3.63) is 89.0 Å². The smallest absolute Gasteiger partial charge is 0.346 e. The van der Waals surface area contributed by atoms with Crippen LogP contribution in [0.15, 0.2) is 60.7 Å². The fourth-order valence-electron chi connectivity index (χ4n) is 5.21. The van der Waals surface area contributed by atoms with Crippen LogP contribution in [0.4, 0.5) is 8.78 Å². The molecule has 0 heterocycles. The standard InChI is InChI=1S/C40H50F2O7/c1-4-6-8-10-11-12-13-14-16-28-46-35-27-26-34(36(41)37(35)42)40(45)49-33-24-20-31(21-25-33)39(44)48-32-22-18-30(19-23-32)38(43)47-29(3)17-15-9-7-5-2/h18-27,29H,4-17,28H2,1-3H3. The summed E-state index contributed by atoms with van der Waals surface area (Å²) in [6, 6.07) is 13.8. The fraction of sp³-hybridized carbons (Fsp3) is 0.475. The summed E-state index contributed by atoms with van der Waals surface area (Å²) in [5.74, 6) is -4.83. The number of rotatable bonds is 22. The van der Waals surface area contributed by atoms with Crippen molar-refractivity contribution in [1.29, 1.82) is 0 Å². The maximum atomic E-state index is 14.7. The zero-order valence-electron chi connectivity index (χ0n) is 29.1. The molecule has 0 radical (unpaired) electrons. The monoisotopic (exact) mass is 680 g/mol. The van der Waals surface area contributed by atoms with E-state index in [0.29, 0.717) is 5.56 Å². The third-order valence-corrected chi connectivity index (χ3v) is 8.15. The summed E-state index contributed by atoms with van der Waals surface area (Å²) in [7, 11) is 0. The van der Waals surface area contributed by atoms with E-state index in [0.717, 1.165) is 63.9 Å². The predicted molar refractivity (Wildman–Crippen MR) is 186 cm³/mol. The highest BCUT2D eigenvalue weighted by molar-refractivity contribution is 5.93. The minimum atomic E-state index is -1.36. The normalized spacial score (nSPS) is 11.5. The van der Waals surface area contributed by atoms with Crippen LogP contribution in [0.25, 0.3) is 0 Å². The lowest BCUT2D eigenvalue weighted by Gasteiger charge is -2.13. The van der Waals surface area contributed by atoms with E-state index in [4.69, 9.17) is 18.9 Å². The van der Waals surface area contributed by atoms with Gasteiger partial charge in [0.1, 0.15) is 11.5 Å². The van der Waals surface area contributed by atoms with Gasteiger partial charge < -0.3 is 18.9 Å². The van der Waals surface area contributed by atoms with Crippen molar-refractivity contribution in [2.75, 3.05) is 6.61 Å². The van der Waals surface area contributed by atoms with Gasteiger partial charge in [0.2, 0.25) is 5.82 Å². The minimum absolute atomic E-state index is 0.0227. The van der Waals surface area contributed by atoms with Crippen molar-refractivity contribution in [1.82, 2.24) is 0 Å². The van der Waals surface area contributed by atoms with Gasteiger partial charge in [0.05, 0.1) is 29.4 Å². The number of hydrogen-bond donors (Lipinski definition) is 0. The van der Waals surface area contributed by atoms with Crippen molar-refractivity contribution >= 4 is 17.9 Å². The molecular formula is C40H50F2O7. The van der Waals surface area contributed by atoms with E-state index >= 15 is 0 Å². The summed E-state index contributed by atoms with van der Waals surface area (Å²) < 4.78 is 50.9. The second kappa shape index (κ2) is 21.6. The molecule has 0 aliphatic heterocycles. The van der Waals surface area contributed by atoms with Gasteiger partial charge in [-0.05, 0) is 86.8 Å².